The Kier molecular flexibility index (Phi) is 4.84. The van der Waals surface area contributed by atoms with Crippen molar-refractivity contribution in [3.05, 3.63) is 84.7 Å². The van der Waals surface area contributed by atoms with E-state index in [4.69, 9.17) is 25.5 Å². The number of ether oxygens (including phenoxy) is 1. The topological polar surface area (TPSA) is 105 Å². The highest BCUT2D eigenvalue weighted by molar-refractivity contribution is 6.12. The molecule has 0 aliphatic rings. The minimum atomic E-state index is 0.336. The van der Waals surface area contributed by atoms with Crippen molar-refractivity contribution in [3.8, 4) is 34.1 Å². The summed E-state index contributed by atoms with van der Waals surface area (Å²) < 4.78 is 7.21. The van der Waals surface area contributed by atoms with Crippen LogP contribution in [0.25, 0.3) is 50.4 Å². The summed E-state index contributed by atoms with van der Waals surface area (Å²) in [6, 6.07) is 23.3. The Hall–Kier alpha value is -4.85. The second-order valence-electron chi connectivity index (χ2n) is 8.09. The predicted molar refractivity (Wildman–Crippen MR) is 136 cm³/mol. The summed E-state index contributed by atoms with van der Waals surface area (Å²) in [5.74, 6) is 1.52. The molecule has 8 heteroatoms. The summed E-state index contributed by atoms with van der Waals surface area (Å²) in [5.41, 5.74) is 11.9. The molecule has 35 heavy (non-hydrogen) atoms. The number of anilines is 1. The van der Waals surface area contributed by atoms with Gasteiger partial charge in [0.1, 0.15) is 17.3 Å². The van der Waals surface area contributed by atoms with Gasteiger partial charge in [-0.05, 0) is 48.9 Å². The number of methoxy groups -OCH3 is 1. The first-order valence-electron chi connectivity index (χ1n) is 11.1. The minimum absolute atomic E-state index is 0.336. The van der Waals surface area contributed by atoms with E-state index in [1.165, 1.54) is 0 Å². The van der Waals surface area contributed by atoms with Crippen LogP contribution in [0, 0.1) is 6.92 Å². The SMILES string of the molecule is COc1ccc(-c2c3c(N)nc(-c4ccccn4)nc3nc3c2c(C)nn3-c2ccccc2)cc1. The maximum atomic E-state index is 6.58. The van der Waals surface area contributed by atoms with E-state index in [2.05, 4.69) is 9.97 Å². The Bertz CT molecular complexity index is 1680. The Morgan fingerprint density at radius 1 is 0.829 bits per heavy atom. The molecule has 2 N–H and O–H groups in total. The normalized spacial score (nSPS) is 11.3. The van der Waals surface area contributed by atoms with Gasteiger partial charge in [0.15, 0.2) is 17.1 Å². The van der Waals surface area contributed by atoms with Crippen molar-refractivity contribution in [2.75, 3.05) is 12.8 Å². The van der Waals surface area contributed by atoms with Crippen LogP contribution in [0.15, 0.2) is 79.0 Å². The van der Waals surface area contributed by atoms with Crippen LogP contribution in [0.1, 0.15) is 5.69 Å². The fraction of sp³-hybridized carbons (Fsp3) is 0.0741. The third kappa shape index (κ3) is 3.43. The van der Waals surface area contributed by atoms with Crippen molar-refractivity contribution < 1.29 is 4.74 Å². The number of nitrogens with two attached hydrogens (primary N) is 1. The van der Waals surface area contributed by atoms with Gasteiger partial charge in [-0.25, -0.2) is 19.6 Å². The van der Waals surface area contributed by atoms with Crippen molar-refractivity contribution >= 4 is 27.9 Å². The molecule has 0 saturated carbocycles. The van der Waals surface area contributed by atoms with Crippen LogP contribution in [0.5, 0.6) is 5.75 Å². The molecule has 0 bridgehead atoms. The van der Waals surface area contributed by atoms with E-state index >= 15 is 0 Å². The van der Waals surface area contributed by atoms with Gasteiger partial charge in [0.25, 0.3) is 0 Å². The van der Waals surface area contributed by atoms with Crippen molar-refractivity contribution in [1.82, 2.24) is 29.7 Å². The van der Waals surface area contributed by atoms with Gasteiger partial charge in [-0.2, -0.15) is 5.10 Å². The molecule has 0 aliphatic heterocycles. The number of nitrogen functional groups attached to an aromatic ring is 1. The largest absolute Gasteiger partial charge is 0.497 e. The van der Waals surface area contributed by atoms with Gasteiger partial charge in [0.2, 0.25) is 0 Å². The molecule has 0 saturated heterocycles. The second kappa shape index (κ2) is 8.18. The predicted octanol–water partition coefficient (Wildman–Crippen LogP) is 4.99. The molecular formula is C27H21N7O. The Balaban J connectivity index is 1.74. The van der Waals surface area contributed by atoms with Crippen molar-refractivity contribution in [3.63, 3.8) is 0 Å². The van der Waals surface area contributed by atoms with Crippen LogP contribution in [-0.2, 0) is 0 Å². The Morgan fingerprint density at radius 3 is 2.31 bits per heavy atom. The van der Waals surface area contributed by atoms with Gasteiger partial charge in [-0.15, -0.1) is 0 Å². The highest BCUT2D eigenvalue weighted by Gasteiger charge is 2.23. The summed E-state index contributed by atoms with van der Waals surface area (Å²) in [4.78, 5) is 18.7. The molecular weight excluding hydrogens is 438 g/mol. The smallest absolute Gasteiger partial charge is 0.182 e. The summed E-state index contributed by atoms with van der Waals surface area (Å²) in [6.07, 6.45) is 1.70. The monoisotopic (exact) mass is 459 g/mol. The first kappa shape index (κ1) is 20.7. The second-order valence-corrected chi connectivity index (χ2v) is 8.09. The number of hydrogen-bond donors (Lipinski definition) is 1. The lowest BCUT2D eigenvalue weighted by molar-refractivity contribution is 0.415. The number of aromatic nitrogens is 6. The van der Waals surface area contributed by atoms with E-state index in [-0.39, 0.29) is 0 Å². The Morgan fingerprint density at radius 2 is 1.60 bits per heavy atom. The number of nitrogens with zero attached hydrogens (tertiary/aromatic N) is 6. The lowest BCUT2D eigenvalue weighted by Gasteiger charge is -2.13. The van der Waals surface area contributed by atoms with E-state index in [9.17, 15) is 0 Å². The number of benzene rings is 2. The number of fused-ring (bicyclic) bond motifs is 2. The maximum absolute atomic E-state index is 6.58. The lowest BCUT2D eigenvalue weighted by Crippen LogP contribution is -2.04. The molecule has 0 fully saturated rings. The molecule has 0 unspecified atom stereocenters. The van der Waals surface area contributed by atoms with Crippen molar-refractivity contribution in [2.24, 2.45) is 0 Å². The van der Waals surface area contributed by atoms with E-state index in [0.29, 0.717) is 34.0 Å². The molecule has 6 aromatic rings. The van der Waals surface area contributed by atoms with E-state index in [1.54, 1.807) is 13.3 Å². The third-order valence-corrected chi connectivity index (χ3v) is 5.94. The molecule has 170 valence electrons. The van der Waals surface area contributed by atoms with Crippen LogP contribution in [0.3, 0.4) is 0 Å². The van der Waals surface area contributed by atoms with Gasteiger partial charge in [0.05, 0.1) is 29.3 Å². The van der Waals surface area contributed by atoms with Crippen LogP contribution in [0.4, 0.5) is 5.82 Å². The quantitative estimate of drug-likeness (QED) is 0.396. The molecule has 6 rings (SSSR count). The standard InChI is InChI=1S/C27H21N7O/c1-16-21-22(17-11-13-19(35-2)14-12-17)23-24(28)30-25(20-10-6-7-15-29-20)31-26(23)32-27(21)34(33-16)18-8-4-3-5-9-18/h3-15H,1-2H3,(H2,28,30,31,32). The van der Waals surface area contributed by atoms with Gasteiger partial charge >= 0.3 is 0 Å². The van der Waals surface area contributed by atoms with Crippen LogP contribution in [-0.4, -0.2) is 36.8 Å². The summed E-state index contributed by atoms with van der Waals surface area (Å²) >= 11 is 0. The summed E-state index contributed by atoms with van der Waals surface area (Å²) in [7, 11) is 1.65. The average molecular weight is 460 g/mol. The molecule has 0 radical (unpaired) electrons. The number of hydrogen-bond acceptors (Lipinski definition) is 7. The first-order valence-corrected chi connectivity index (χ1v) is 11.1. The molecule has 0 atom stereocenters. The van der Waals surface area contributed by atoms with E-state index < -0.39 is 0 Å². The fourth-order valence-corrected chi connectivity index (χ4v) is 4.33. The third-order valence-electron chi connectivity index (χ3n) is 5.94. The molecule has 0 aliphatic carbocycles. The molecule has 0 amide bonds. The van der Waals surface area contributed by atoms with E-state index in [0.717, 1.165) is 33.6 Å². The number of pyridine rings is 2. The number of para-hydroxylation sites is 1. The van der Waals surface area contributed by atoms with Gasteiger partial charge < -0.3 is 10.5 Å². The number of rotatable bonds is 4. The fourth-order valence-electron chi connectivity index (χ4n) is 4.33. The van der Waals surface area contributed by atoms with Crippen LogP contribution >= 0.6 is 0 Å². The lowest BCUT2D eigenvalue weighted by atomic mass is 9.98. The van der Waals surface area contributed by atoms with Gasteiger partial charge in [0, 0.05) is 11.8 Å². The number of aryl methyl sites for hydroxylation is 1. The minimum Gasteiger partial charge on any atom is -0.497 e. The van der Waals surface area contributed by atoms with Crippen molar-refractivity contribution in [2.45, 2.75) is 6.92 Å². The highest BCUT2D eigenvalue weighted by atomic mass is 16.5. The zero-order chi connectivity index (χ0) is 23.9. The van der Waals surface area contributed by atoms with Gasteiger partial charge in [-0.1, -0.05) is 36.4 Å². The van der Waals surface area contributed by atoms with Gasteiger partial charge in [-0.3, -0.25) is 4.98 Å². The highest BCUT2D eigenvalue weighted by Crippen LogP contribution is 2.39. The molecule has 4 aromatic heterocycles. The first-order chi connectivity index (χ1) is 17.1. The van der Waals surface area contributed by atoms with E-state index in [1.807, 2.05) is 84.4 Å². The van der Waals surface area contributed by atoms with Crippen LogP contribution in [0.2, 0.25) is 0 Å². The zero-order valence-electron chi connectivity index (χ0n) is 19.2. The molecule has 0 spiro atoms. The molecule has 8 nitrogen and oxygen atoms in total. The maximum Gasteiger partial charge on any atom is 0.182 e. The average Bonchev–Trinajstić information content (AvgIpc) is 3.24. The zero-order valence-corrected chi connectivity index (χ0v) is 19.2. The molecule has 2 aromatic carbocycles. The van der Waals surface area contributed by atoms with Crippen molar-refractivity contribution in [1.29, 1.82) is 0 Å². The van der Waals surface area contributed by atoms with Crippen LogP contribution < -0.4 is 10.5 Å². The summed E-state index contributed by atoms with van der Waals surface area (Å²) in [6.45, 7) is 1.97. The molecule has 4 heterocycles. The summed E-state index contributed by atoms with van der Waals surface area (Å²) in [5, 5.41) is 6.42. The Labute approximate surface area is 201 Å².